The van der Waals surface area contributed by atoms with Crippen LogP contribution in [0.2, 0.25) is 5.02 Å². The number of hydrogen-bond acceptors (Lipinski definition) is 4. The van der Waals surface area contributed by atoms with Gasteiger partial charge in [0.2, 0.25) is 0 Å². The first-order chi connectivity index (χ1) is 14.7. The number of benzene rings is 1. The van der Waals surface area contributed by atoms with Gasteiger partial charge < -0.3 is 20.3 Å². The minimum atomic E-state index is 0. The van der Waals surface area contributed by atoms with E-state index in [2.05, 4.69) is 37.6 Å². The highest BCUT2D eigenvalue weighted by Crippen LogP contribution is 2.22. The molecule has 2 heterocycles. The highest BCUT2D eigenvalue weighted by Gasteiger charge is 2.22. The fraction of sp³-hybridized carbons (Fsp3) is 0.696. The van der Waals surface area contributed by atoms with Crippen LogP contribution in [-0.2, 0) is 11.3 Å². The molecule has 0 amide bonds. The monoisotopic (exact) mass is 563 g/mol. The molecule has 2 aliphatic heterocycles. The quantitative estimate of drug-likeness (QED) is 0.288. The summed E-state index contributed by atoms with van der Waals surface area (Å²) < 4.78 is 5.19. The maximum absolute atomic E-state index is 6.32. The lowest BCUT2D eigenvalue weighted by atomic mass is 9.96. The number of guanidine groups is 1. The molecule has 1 aromatic rings. The molecule has 2 N–H and O–H groups in total. The Labute approximate surface area is 210 Å². The van der Waals surface area contributed by atoms with Gasteiger partial charge in [0, 0.05) is 57.9 Å². The zero-order valence-corrected chi connectivity index (χ0v) is 22.1. The second-order valence-corrected chi connectivity index (χ2v) is 8.92. The van der Waals surface area contributed by atoms with Gasteiger partial charge in [-0.3, -0.25) is 9.89 Å². The molecule has 0 bridgehead atoms. The van der Waals surface area contributed by atoms with E-state index in [4.69, 9.17) is 16.3 Å². The predicted octanol–water partition coefficient (Wildman–Crippen LogP) is 3.45. The SMILES string of the molecule is CN=C(NCC1CCN(Cc2ccccc2Cl)CC1)NC1CCN(CCOC)CC1.I. The van der Waals surface area contributed by atoms with Gasteiger partial charge in [0.1, 0.15) is 0 Å². The summed E-state index contributed by atoms with van der Waals surface area (Å²) in [6.45, 7) is 8.30. The van der Waals surface area contributed by atoms with Crippen LogP contribution in [0.15, 0.2) is 29.3 Å². The van der Waals surface area contributed by atoms with Gasteiger partial charge in [-0.05, 0) is 56.3 Å². The van der Waals surface area contributed by atoms with Crippen molar-refractivity contribution in [2.24, 2.45) is 10.9 Å². The molecule has 3 rings (SSSR count). The van der Waals surface area contributed by atoms with E-state index >= 15 is 0 Å². The number of ether oxygens (including phenoxy) is 1. The maximum atomic E-state index is 6.32. The molecule has 2 saturated heterocycles. The Hall–Kier alpha value is -0.610. The Morgan fingerprint density at radius 3 is 2.42 bits per heavy atom. The molecule has 0 unspecified atom stereocenters. The molecule has 2 fully saturated rings. The van der Waals surface area contributed by atoms with Crippen LogP contribution in [0.5, 0.6) is 0 Å². The number of nitrogens with one attached hydrogen (secondary N) is 2. The summed E-state index contributed by atoms with van der Waals surface area (Å²) in [6, 6.07) is 8.69. The first kappa shape index (κ1) is 26.6. The van der Waals surface area contributed by atoms with Crippen LogP contribution in [0.4, 0.5) is 0 Å². The van der Waals surface area contributed by atoms with E-state index in [1.165, 1.54) is 18.4 Å². The molecule has 0 atom stereocenters. The fourth-order valence-electron chi connectivity index (χ4n) is 4.37. The van der Waals surface area contributed by atoms with Crippen LogP contribution in [0.1, 0.15) is 31.2 Å². The van der Waals surface area contributed by atoms with E-state index in [0.29, 0.717) is 12.0 Å². The normalized spacial score (nSPS) is 19.8. The Morgan fingerprint density at radius 2 is 1.77 bits per heavy atom. The van der Waals surface area contributed by atoms with Crippen LogP contribution < -0.4 is 10.6 Å². The largest absolute Gasteiger partial charge is 0.383 e. The van der Waals surface area contributed by atoms with Crippen LogP contribution in [0.3, 0.4) is 0 Å². The van der Waals surface area contributed by atoms with Crippen LogP contribution in [-0.4, -0.2) is 81.8 Å². The third kappa shape index (κ3) is 9.04. The second-order valence-electron chi connectivity index (χ2n) is 8.52. The van der Waals surface area contributed by atoms with E-state index in [1.807, 2.05) is 19.2 Å². The van der Waals surface area contributed by atoms with Gasteiger partial charge in [-0.15, -0.1) is 24.0 Å². The molecule has 1 aromatic carbocycles. The van der Waals surface area contributed by atoms with Crippen molar-refractivity contribution in [2.75, 3.05) is 60.0 Å². The highest BCUT2D eigenvalue weighted by molar-refractivity contribution is 14.0. The van der Waals surface area contributed by atoms with Crippen LogP contribution in [0.25, 0.3) is 0 Å². The van der Waals surface area contributed by atoms with Gasteiger partial charge in [-0.2, -0.15) is 0 Å². The molecule has 176 valence electrons. The third-order valence-corrected chi connectivity index (χ3v) is 6.75. The predicted molar refractivity (Wildman–Crippen MR) is 141 cm³/mol. The molecule has 6 nitrogen and oxygen atoms in total. The number of piperidine rings is 2. The standard InChI is InChI=1S/C23H38ClN5O.HI/c1-25-23(27-21-9-13-28(14-10-21)15-16-30-2)26-17-19-7-11-29(12-8-19)18-20-5-3-4-6-22(20)24;/h3-6,19,21H,7-18H2,1-2H3,(H2,25,26,27);1H. The lowest BCUT2D eigenvalue weighted by Crippen LogP contribution is -2.50. The number of rotatable bonds is 8. The first-order valence-corrected chi connectivity index (χ1v) is 11.7. The van der Waals surface area contributed by atoms with Crippen molar-refractivity contribution >= 4 is 41.5 Å². The number of hydrogen-bond donors (Lipinski definition) is 2. The molecular weight excluding hydrogens is 525 g/mol. The summed E-state index contributed by atoms with van der Waals surface area (Å²) in [5.74, 6) is 1.64. The summed E-state index contributed by atoms with van der Waals surface area (Å²) >= 11 is 6.32. The molecule has 8 heteroatoms. The lowest BCUT2D eigenvalue weighted by Gasteiger charge is -2.34. The van der Waals surface area contributed by atoms with Gasteiger partial charge in [-0.25, -0.2) is 0 Å². The van der Waals surface area contributed by atoms with E-state index in [1.54, 1.807) is 7.11 Å². The molecule has 31 heavy (non-hydrogen) atoms. The number of aliphatic imine (C=N–C) groups is 1. The van der Waals surface area contributed by atoms with Gasteiger partial charge in [0.15, 0.2) is 5.96 Å². The topological polar surface area (TPSA) is 52.1 Å². The zero-order valence-electron chi connectivity index (χ0n) is 19.0. The average molecular weight is 564 g/mol. The zero-order chi connectivity index (χ0) is 21.2. The number of likely N-dealkylation sites (tertiary alicyclic amines) is 2. The van der Waals surface area contributed by atoms with E-state index in [-0.39, 0.29) is 24.0 Å². The van der Waals surface area contributed by atoms with Crippen molar-refractivity contribution in [3.05, 3.63) is 34.9 Å². The highest BCUT2D eigenvalue weighted by atomic mass is 127. The average Bonchev–Trinajstić information content (AvgIpc) is 2.78. The number of methoxy groups -OCH3 is 1. The molecular formula is C23H39ClIN5O. The Morgan fingerprint density at radius 1 is 1.10 bits per heavy atom. The molecule has 0 spiro atoms. The Bertz CT molecular complexity index is 661. The Kier molecular flexibility index (Phi) is 12.5. The van der Waals surface area contributed by atoms with Crippen LogP contribution in [0, 0.1) is 5.92 Å². The van der Waals surface area contributed by atoms with E-state index < -0.39 is 0 Å². The maximum Gasteiger partial charge on any atom is 0.191 e. The number of nitrogens with zero attached hydrogens (tertiary/aromatic N) is 3. The molecule has 0 aliphatic carbocycles. The van der Waals surface area contributed by atoms with Gasteiger partial charge in [-0.1, -0.05) is 29.8 Å². The van der Waals surface area contributed by atoms with Crippen molar-refractivity contribution in [2.45, 2.75) is 38.3 Å². The van der Waals surface area contributed by atoms with Crippen molar-refractivity contribution in [3.63, 3.8) is 0 Å². The molecule has 0 aromatic heterocycles. The van der Waals surface area contributed by atoms with Crippen molar-refractivity contribution in [1.82, 2.24) is 20.4 Å². The summed E-state index contributed by atoms with van der Waals surface area (Å²) in [4.78, 5) is 9.45. The minimum absolute atomic E-state index is 0. The summed E-state index contributed by atoms with van der Waals surface area (Å²) in [5.41, 5.74) is 1.23. The van der Waals surface area contributed by atoms with Crippen molar-refractivity contribution in [1.29, 1.82) is 0 Å². The van der Waals surface area contributed by atoms with Crippen molar-refractivity contribution in [3.8, 4) is 0 Å². The second kappa shape index (κ2) is 14.5. The first-order valence-electron chi connectivity index (χ1n) is 11.3. The Balaban J connectivity index is 0.00000341. The molecule has 0 radical (unpaired) electrons. The van der Waals surface area contributed by atoms with E-state index in [9.17, 15) is 0 Å². The third-order valence-electron chi connectivity index (χ3n) is 6.38. The van der Waals surface area contributed by atoms with Crippen molar-refractivity contribution < 1.29 is 4.74 Å². The summed E-state index contributed by atoms with van der Waals surface area (Å²) in [7, 11) is 3.64. The fourth-order valence-corrected chi connectivity index (χ4v) is 4.56. The minimum Gasteiger partial charge on any atom is -0.383 e. The van der Waals surface area contributed by atoms with Gasteiger partial charge >= 0.3 is 0 Å². The molecule has 0 saturated carbocycles. The molecule has 2 aliphatic rings. The van der Waals surface area contributed by atoms with E-state index in [0.717, 1.165) is 76.2 Å². The smallest absolute Gasteiger partial charge is 0.191 e. The lowest BCUT2D eigenvalue weighted by molar-refractivity contribution is 0.128. The van der Waals surface area contributed by atoms with Gasteiger partial charge in [0.25, 0.3) is 0 Å². The summed E-state index contributed by atoms with van der Waals surface area (Å²) in [6.07, 6.45) is 4.74. The summed E-state index contributed by atoms with van der Waals surface area (Å²) in [5, 5.41) is 8.07. The van der Waals surface area contributed by atoms with Crippen LogP contribution >= 0.6 is 35.6 Å². The van der Waals surface area contributed by atoms with Gasteiger partial charge in [0.05, 0.1) is 6.61 Å². The number of halogens is 2.